The van der Waals surface area contributed by atoms with Crippen molar-refractivity contribution in [3.63, 3.8) is 0 Å². The van der Waals surface area contributed by atoms with Crippen LogP contribution < -0.4 is 4.74 Å². The lowest BCUT2D eigenvalue weighted by molar-refractivity contribution is -0.142. The molecule has 2 heterocycles. The molecule has 4 nitrogen and oxygen atoms in total. The van der Waals surface area contributed by atoms with E-state index in [9.17, 15) is 9.90 Å². The van der Waals surface area contributed by atoms with E-state index in [1.54, 1.807) is 17.4 Å². The summed E-state index contributed by atoms with van der Waals surface area (Å²) >= 11 is 7.85. The van der Waals surface area contributed by atoms with E-state index in [1.165, 1.54) is 0 Å². The van der Waals surface area contributed by atoms with Gasteiger partial charge in [-0.25, -0.2) is 0 Å². The zero-order chi connectivity index (χ0) is 17.1. The van der Waals surface area contributed by atoms with Gasteiger partial charge in [0.05, 0.1) is 12.6 Å². The largest absolute Gasteiger partial charge is 0.494 e. The molecule has 0 radical (unpaired) electrons. The van der Waals surface area contributed by atoms with Crippen LogP contribution in [0.2, 0.25) is 5.02 Å². The molecule has 0 saturated carbocycles. The van der Waals surface area contributed by atoms with Crippen molar-refractivity contribution < 1.29 is 14.6 Å². The van der Waals surface area contributed by atoms with Gasteiger partial charge in [0.2, 0.25) is 0 Å². The van der Waals surface area contributed by atoms with Crippen molar-refractivity contribution >= 4 is 28.9 Å². The molecule has 3 rings (SSSR count). The first-order valence-electron chi connectivity index (χ1n) is 8.04. The van der Waals surface area contributed by atoms with Crippen molar-refractivity contribution in [3.05, 3.63) is 51.2 Å². The van der Waals surface area contributed by atoms with E-state index in [4.69, 9.17) is 16.3 Å². The predicted molar refractivity (Wildman–Crippen MR) is 96.1 cm³/mol. The van der Waals surface area contributed by atoms with Gasteiger partial charge in [0, 0.05) is 17.1 Å². The van der Waals surface area contributed by atoms with E-state index >= 15 is 0 Å². The third-order valence-corrected chi connectivity index (χ3v) is 5.27. The molecule has 1 aromatic carbocycles. The predicted octanol–water partition coefficient (Wildman–Crippen LogP) is 4.44. The number of likely N-dealkylation sites (tertiary alicyclic amines) is 1. The summed E-state index contributed by atoms with van der Waals surface area (Å²) in [7, 11) is 0. The first-order chi connectivity index (χ1) is 11.6. The van der Waals surface area contributed by atoms with Crippen LogP contribution in [0, 0.1) is 0 Å². The number of benzene rings is 1. The summed E-state index contributed by atoms with van der Waals surface area (Å²) in [5.41, 5.74) is 2.01. The number of halogens is 1. The second-order valence-corrected chi connectivity index (χ2v) is 7.02. The van der Waals surface area contributed by atoms with Gasteiger partial charge in [0.1, 0.15) is 11.8 Å². The minimum atomic E-state index is -0.771. The summed E-state index contributed by atoms with van der Waals surface area (Å²) < 4.78 is 5.80. The smallest absolute Gasteiger partial charge is 0.320 e. The van der Waals surface area contributed by atoms with Crippen LogP contribution in [0.15, 0.2) is 35.0 Å². The van der Waals surface area contributed by atoms with Gasteiger partial charge in [0.15, 0.2) is 0 Å². The summed E-state index contributed by atoms with van der Waals surface area (Å²) in [5, 5.41) is 14.3. The standard InChI is InChI=1S/C18H20ClNO3S/c1-2-23-16-6-5-13(19)10-14(16)17(12-7-9-24-11-12)20-8-3-4-15(20)18(21)22/h5-7,9-11,15,17H,2-4,8H2,1H3,(H,21,22). The van der Waals surface area contributed by atoms with Gasteiger partial charge < -0.3 is 9.84 Å². The van der Waals surface area contributed by atoms with Crippen molar-refractivity contribution in [2.45, 2.75) is 31.8 Å². The first kappa shape index (κ1) is 17.3. The minimum absolute atomic E-state index is 0.167. The molecule has 2 atom stereocenters. The maximum absolute atomic E-state index is 11.7. The normalized spacial score (nSPS) is 19.3. The molecule has 0 bridgehead atoms. The average Bonchev–Trinajstić information content (AvgIpc) is 3.22. The quantitative estimate of drug-likeness (QED) is 0.822. The molecule has 1 saturated heterocycles. The molecule has 2 unspecified atom stereocenters. The SMILES string of the molecule is CCOc1ccc(Cl)cc1C(c1ccsc1)N1CCCC1C(=O)O. The highest BCUT2D eigenvalue weighted by Gasteiger charge is 2.38. The number of carboxylic acids is 1. The van der Waals surface area contributed by atoms with E-state index in [1.807, 2.05) is 30.5 Å². The Labute approximate surface area is 150 Å². The Hall–Kier alpha value is -1.56. The molecule has 0 spiro atoms. The van der Waals surface area contributed by atoms with Crippen LogP contribution in [-0.4, -0.2) is 35.2 Å². The Balaban J connectivity index is 2.10. The minimum Gasteiger partial charge on any atom is -0.494 e. The number of carbonyl (C=O) groups is 1. The number of thiophene rings is 1. The molecule has 24 heavy (non-hydrogen) atoms. The van der Waals surface area contributed by atoms with Crippen LogP contribution in [0.3, 0.4) is 0 Å². The molecular weight excluding hydrogens is 346 g/mol. The lowest BCUT2D eigenvalue weighted by Gasteiger charge is -2.32. The number of ether oxygens (including phenoxy) is 1. The molecule has 6 heteroatoms. The van der Waals surface area contributed by atoms with Gasteiger partial charge in [-0.2, -0.15) is 11.3 Å². The van der Waals surface area contributed by atoms with Gasteiger partial charge in [-0.1, -0.05) is 11.6 Å². The number of rotatable bonds is 6. The Morgan fingerprint density at radius 2 is 2.33 bits per heavy atom. The Bertz CT molecular complexity index is 704. The summed E-state index contributed by atoms with van der Waals surface area (Å²) in [4.78, 5) is 13.8. The lowest BCUT2D eigenvalue weighted by Crippen LogP contribution is -2.39. The fraction of sp³-hybridized carbons (Fsp3) is 0.389. The van der Waals surface area contributed by atoms with Crippen LogP contribution in [0.25, 0.3) is 0 Å². The molecule has 0 aliphatic carbocycles. The maximum atomic E-state index is 11.7. The molecule has 0 amide bonds. The van der Waals surface area contributed by atoms with Gasteiger partial charge in [0.25, 0.3) is 0 Å². The molecule has 1 aromatic heterocycles. The van der Waals surface area contributed by atoms with Crippen molar-refractivity contribution in [1.82, 2.24) is 4.90 Å². The van der Waals surface area contributed by atoms with Crippen molar-refractivity contribution in [1.29, 1.82) is 0 Å². The Morgan fingerprint density at radius 3 is 3.00 bits per heavy atom. The summed E-state index contributed by atoms with van der Waals surface area (Å²) in [6, 6.07) is 6.96. The average molecular weight is 366 g/mol. The first-order valence-corrected chi connectivity index (χ1v) is 9.36. The van der Waals surface area contributed by atoms with Crippen molar-refractivity contribution in [3.8, 4) is 5.75 Å². The van der Waals surface area contributed by atoms with Gasteiger partial charge in [-0.05, 0) is 60.4 Å². The topological polar surface area (TPSA) is 49.8 Å². The van der Waals surface area contributed by atoms with Gasteiger partial charge >= 0.3 is 5.97 Å². The zero-order valence-corrected chi connectivity index (χ0v) is 15.0. The van der Waals surface area contributed by atoms with E-state index in [2.05, 4.69) is 10.3 Å². The van der Waals surface area contributed by atoms with E-state index in [-0.39, 0.29) is 6.04 Å². The van der Waals surface area contributed by atoms with E-state index in [0.29, 0.717) is 18.1 Å². The van der Waals surface area contributed by atoms with Crippen LogP contribution in [-0.2, 0) is 4.79 Å². The highest BCUT2D eigenvalue weighted by Crippen LogP contribution is 2.40. The second kappa shape index (κ2) is 7.55. The Kier molecular flexibility index (Phi) is 5.43. The van der Waals surface area contributed by atoms with E-state index < -0.39 is 12.0 Å². The van der Waals surface area contributed by atoms with Crippen molar-refractivity contribution in [2.24, 2.45) is 0 Å². The zero-order valence-electron chi connectivity index (χ0n) is 13.4. The van der Waals surface area contributed by atoms with E-state index in [0.717, 1.165) is 29.8 Å². The number of carboxylic acid groups (broad SMARTS) is 1. The van der Waals surface area contributed by atoms with Gasteiger partial charge in [-0.15, -0.1) is 0 Å². The molecule has 1 N–H and O–H groups in total. The second-order valence-electron chi connectivity index (χ2n) is 5.81. The Morgan fingerprint density at radius 1 is 1.50 bits per heavy atom. The fourth-order valence-corrected chi connectivity index (χ4v) is 4.22. The summed E-state index contributed by atoms with van der Waals surface area (Å²) in [6.07, 6.45) is 1.54. The number of hydrogen-bond donors (Lipinski definition) is 1. The highest BCUT2D eigenvalue weighted by atomic mass is 35.5. The number of aliphatic carboxylic acids is 1. The molecular formula is C18H20ClNO3S. The van der Waals surface area contributed by atoms with Crippen LogP contribution >= 0.6 is 22.9 Å². The van der Waals surface area contributed by atoms with Gasteiger partial charge in [-0.3, -0.25) is 9.69 Å². The maximum Gasteiger partial charge on any atom is 0.320 e. The number of nitrogens with zero attached hydrogens (tertiary/aromatic N) is 1. The van der Waals surface area contributed by atoms with Crippen molar-refractivity contribution in [2.75, 3.05) is 13.2 Å². The fourth-order valence-electron chi connectivity index (χ4n) is 3.36. The summed E-state index contributed by atoms with van der Waals surface area (Å²) in [5.74, 6) is -0.0122. The highest BCUT2D eigenvalue weighted by molar-refractivity contribution is 7.08. The number of hydrogen-bond acceptors (Lipinski definition) is 4. The molecule has 1 aliphatic rings. The van der Waals surface area contributed by atoms with Crippen LogP contribution in [0.1, 0.15) is 36.9 Å². The third-order valence-electron chi connectivity index (χ3n) is 4.34. The molecule has 128 valence electrons. The monoisotopic (exact) mass is 365 g/mol. The molecule has 1 aliphatic heterocycles. The summed E-state index contributed by atoms with van der Waals surface area (Å²) in [6.45, 7) is 3.23. The van der Waals surface area contributed by atoms with Crippen LogP contribution in [0.4, 0.5) is 0 Å². The lowest BCUT2D eigenvalue weighted by atomic mass is 9.97. The van der Waals surface area contributed by atoms with Crippen LogP contribution in [0.5, 0.6) is 5.75 Å². The molecule has 2 aromatic rings. The molecule has 1 fully saturated rings. The third kappa shape index (κ3) is 3.43.